The third-order valence-electron chi connectivity index (χ3n) is 4.69. The van der Waals surface area contributed by atoms with Gasteiger partial charge in [-0.3, -0.25) is 0 Å². The minimum atomic E-state index is 0.398. The second kappa shape index (κ2) is 5.26. The van der Waals surface area contributed by atoms with Crippen LogP contribution in [0, 0.1) is 23.2 Å². The summed E-state index contributed by atoms with van der Waals surface area (Å²) in [6.45, 7) is 6.98. The van der Waals surface area contributed by atoms with E-state index in [-0.39, 0.29) is 0 Å². The Kier molecular flexibility index (Phi) is 3.93. The smallest absolute Gasteiger partial charge is 0.0829 e. The fraction of sp³-hybridized carbons (Fsp3) is 0.733. The molecule has 0 amide bonds. The highest BCUT2D eigenvalue weighted by molar-refractivity contribution is 5.00. The van der Waals surface area contributed by atoms with Crippen molar-refractivity contribution in [3.05, 3.63) is 25.7 Å². The summed E-state index contributed by atoms with van der Waals surface area (Å²) in [5, 5.41) is 9.43. The highest BCUT2D eigenvalue weighted by Gasteiger charge is 2.50. The van der Waals surface area contributed by atoms with Crippen LogP contribution >= 0.6 is 0 Å². The average Bonchev–Trinajstić information content (AvgIpc) is 2.29. The number of ether oxygens (including phenoxy) is 1. The third-order valence-corrected chi connectivity index (χ3v) is 4.69. The normalized spacial score (nSPS) is 41.4. The number of aliphatic hydroxyl groups is 1. The molecule has 0 atom stereocenters. The van der Waals surface area contributed by atoms with Crippen molar-refractivity contribution in [1.29, 1.82) is 0 Å². The summed E-state index contributed by atoms with van der Waals surface area (Å²) in [5.41, 5.74) is 0.398. The van der Waals surface area contributed by atoms with Crippen LogP contribution in [0.3, 0.4) is 0 Å². The van der Waals surface area contributed by atoms with Gasteiger partial charge < -0.3 is 9.84 Å². The Morgan fingerprint density at radius 2 is 1.41 bits per heavy atom. The summed E-state index contributed by atoms with van der Waals surface area (Å²) in [7, 11) is 0. The van der Waals surface area contributed by atoms with Crippen LogP contribution in [0.4, 0.5) is 0 Å². The third kappa shape index (κ3) is 2.74. The van der Waals surface area contributed by atoms with E-state index in [4.69, 9.17) is 0 Å². The zero-order chi connectivity index (χ0) is 12.3. The van der Waals surface area contributed by atoms with Gasteiger partial charge in [0.05, 0.1) is 12.5 Å². The quantitative estimate of drug-likeness (QED) is 0.760. The minimum absolute atomic E-state index is 0.398. The molecule has 0 aromatic rings. The van der Waals surface area contributed by atoms with Crippen molar-refractivity contribution in [2.45, 2.75) is 38.5 Å². The van der Waals surface area contributed by atoms with Crippen molar-refractivity contribution in [3.63, 3.8) is 0 Å². The fourth-order valence-corrected chi connectivity index (χ4v) is 4.55. The first-order valence-corrected chi connectivity index (χ1v) is 6.69. The van der Waals surface area contributed by atoms with Gasteiger partial charge in [0.25, 0.3) is 0 Å². The van der Waals surface area contributed by atoms with E-state index in [1.807, 2.05) is 0 Å². The standard InChI is InChI=1S/C11H18O.C4H6O/c12-7-11-4-8-1-9(5-11)3-10(2-8)6-11;1-3-5-4-2/h8-10,12H,1-7H2;3-4H,1-2H2. The number of rotatable bonds is 3. The van der Waals surface area contributed by atoms with E-state index in [0.29, 0.717) is 12.0 Å². The molecule has 4 aliphatic rings. The van der Waals surface area contributed by atoms with Gasteiger partial charge >= 0.3 is 0 Å². The van der Waals surface area contributed by atoms with Gasteiger partial charge in [0, 0.05) is 6.61 Å². The maximum atomic E-state index is 9.43. The summed E-state index contributed by atoms with van der Waals surface area (Å²) in [6, 6.07) is 0. The van der Waals surface area contributed by atoms with Crippen molar-refractivity contribution in [2.24, 2.45) is 23.2 Å². The molecule has 0 unspecified atom stereocenters. The molecule has 0 aromatic heterocycles. The number of hydrogen-bond acceptors (Lipinski definition) is 2. The Balaban J connectivity index is 0.000000188. The highest BCUT2D eigenvalue weighted by Crippen LogP contribution is 2.59. The van der Waals surface area contributed by atoms with E-state index in [9.17, 15) is 5.11 Å². The Hall–Kier alpha value is -0.760. The van der Waals surface area contributed by atoms with E-state index in [2.05, 4.69) is 17.9 Å². The van der Waals surface area contributed by atoms with E-state index in [1.54, 1.807) is 0 Å². The molecule has 0 heterocycles. The monoisotopic (exact) mass is 236 g/mol. The lowest BCUT2D eigenvalue weighted by Gasteiger charge is -2.56. The molecule has 96 valence electrons. The van der Waals surface area contributed by atoms with Gasteiger partial charge in [-0.1, -0.05) is 13.2 Å². The van der Waals surface area contributed by atoms with Crippen LogP contribution in [-0.2, 0) is 4.74 Å². The maximum Gasteiger partial charge on any atom is 0.0829 e. The Morgan fingerprint density at radius 3 is 1.65 bits per heavy atom. The summed E-state index contributed by atoms with van der Waals surface area (Å²) >= 11 is 0. The van der Waals surface area contributed by atoms with Crippen molar-refractivity contribution in [3.8, 4) is 0 Å². The molecule has 4 bridgehead atoms. The Morgan fingerprint density at radius 1 is 1.00 bits per heavy atom. The van der Waals surface area contributed by atoms with E-state index < -0.39 is 0 Å². The first-order valence-electron chi connectivity index (χ1n) is 6.69. The molecule has 4 rings (SSSR count). The number of aliphatic hydroxyl groups excluding tert-OH is 1. The van der Waals surface area contributed by atoms with Crippen molar-refractivity contribution in [1.82, 2.24) is 0 Å². The molecule has 4 saturated carbocycles. The van der Waals surface area contributed by atoms with Crippen LogP contribution in [0.15, 0.2) is 25.7 Å². The molecular formula is C15H24O2. The lowest BCUT2D eigenvalue weighted by molar-refractivity contribution is -0.0798. The first-order chi connectivity index (χ1) is 8.21. The molecule has 0 radical (unpaired) electrons. The lowest BCUT2D eigenvalue weighted by Crippen LogP contribution is -2.47. The zero-order valence-corrected chi connectivity index (χ0v) is 10.6. The second-order valence-corrected chi connectivity index (χ2v) is 6.05. The van der Waals surface area contributed by atoms with Gasteiger partial charge in [-0.2, -0.15) is 0 Å². The molecule has 17 heavy (non-hydrogen) atoms. The zero-order valence-electron chi connectivity index (χ0n) is 10.6. The molecule has 4 aliphatic carbocycles. The van der Waals surface area contributed by atoms with Gasteiger partial charge in [0.2, 0.25) is 0 Å². The summed E-state index contributed by atoms with van der Waals surface area (Å²) in [5.74, 6) is 2.97. The molecule has 0 saturated heterocycles. The molecule has 1 N–H and O–H groups in total. The van der Waals surface area contributed by atoms with Crippen molar-refractivity contribution >= 4 is 0 Å². The molecular weight excluding hydrogens is 212 g/mol. The van der Waals surface area contributed by atoms with Gasteiger partial charge in [0.15, 0.2) is 0 Å². The predicted octanol–water partition coefficient (Wildman–Crippen LogP) is 3.49. The van der Waals surface area contributed by atoms with Gasteiger partial charge in [0.1, 0.15) is 0 Å². The molecule has 0 aliphatic heterocycles. The number of hydrogen-bond donors (Lipinski definition) is 1. The Labute approximate surface area is 104 Å². The summed E-state index contributed by atoms with van der Waals surface area (Å²) < 4.78 is 4.36. The molecule has 0 spiro atoms. The van der Waals surface area contributed by atoms with Crippen LogP contribution in [0.5, 0.6) is 0 Å². The van der Waals surface area contributed by atoms with E-state index in [0.717, 1.165) is 17.8 Å². The van der Waals surface area contributed by atoms with Gasteiger partial charge in [-0.25, -0.2) is 0 Å². The predicted molar refractivity (Wildman–Crippen MR) is 69.2 cm³/mol. The largest absolute Gasteiger partial charge is 0.474 e. The van der Waals surface area contributed by atoms with Crippen LogP contribution in [-0.4, -0.2) is 11.7 Å². The molecule has 0 aromatic carbocycles. The molecule has 4 fully saturated rings. The van der Waals surface area contributed by atoms with Gasteiger partial charge in [-0.15, -0.1) is 0 Å². The van der Waals surface area contributed by atoms with Gasteiger partial charge in [-0.05, 0) is 61.7 Å². The molecule has 2 nitrogen and oxygen atoms in total. The highest BCUT2D eigenvalue weighted by atomic mass is 16.5. The van der Waals surface area contributed by atoms with Crippen LogP contribution in [0.1, 0.15) is 38.5 Å². The van der Waals surface area contributed by atoms with Crippen molar-refractivity contribution in [2.75, 3.05) is 6.61 Å². The second-order valence-electron chi connectivity index (χ2n) is 6.05. The first kappa shape index (κ1) is 12.7. The molecule has 2 heteroatoms. The van der Waals surface area contributed by atoms with Crippen LogP contribution < -0.4 is 0 Å². The van der Waals surface area contributed by atoms with Crippen molar-refractivity contribution < 1.29 is 9.84 Å². The lowest BCUT2D eigenvalue weighted by atomic mass is 9.50. The summed E-state index contributed by atoms with van der Waals surface area (Å²) in [4.78, 5) is 0. The van der Waals surface area contributed by atoms with E-state index in [1.165, 1.54) is 51.0 Å². The maximum absolute atomic E-state index is 9.43. The Bertz CT molecular complexity index is 241. The van der Waals surface area contributed by atoms with Crippen LogP contribution in [0.2, 0.25) is 0 Å². The minimum Gasteiger partial charge on any atom is -0.474 e. The van der Waals surface area contributed by atoms with Crippen LogP contribution in [0.25, 0.3) is 0 Å². The SMILES string of the molecule is C=COC=C.OCC12CC3CC(CC(C3)C1)C2. The topological polar surface area (TPSA) is 29.5 Å². The fourth-order valence-electron chi connectivity index (χ4n) is 4.55. The average molecular weight is 236 g/mol. The summed E-state index contributed by atoms with van der Waals surface area (Å²) in [6.07, 6.45) is 11.1. The van der Waals surface area contributed by atoms with E-state index >= 15 is 0 Å².